The molecule has 0 radical (unpaired) electrons. The summed E-state index contributed by atoms with van der Waals surface area (Å²) in [7, 11) is 4.35. The molecule has 1 rings (SSSR count). The zero-order valence-corrected chi connectivity index (χ0v) is 9.29. The highest BCUT2D eigenvalue weighted by atomic mass is 31.0. The summed E-state index contributed by atoms with van der Waals surface area (Å²) >= 11 is 0. The Morgan fingerprint density at radius 1 is 1.46 bits per heavy atom. The van der Waals surface area contributed by atoms with Gasteiger partial charge in [0.2, 0.25) is 0 Å². The van der Waals surface area contributed by atoms with Crippen LogP contribution in [0, 0.1) is 6.92 Å². The topological polar surface area (TPSA) is 35.2 Å². The third-order valence-electron chi connectivity index (χ3n) is 2.10. The van der Waals surface area contributed by atoms with Crippen molar-refractivity contribution in [3.63, 3.8) is 0 Å². The fraction of sp³-hybridized carbons (Fsp3) is 0.400. The van der Waals surface area contributed by atoms with Gasteiger partial charge in [0, 0.05) is 5.30 Å². The second-order valence-corrected chi connectivity index (χ2v) is 3.68. The summed E-state index contributed by atoms with van der Waals surface area (Å²) in [5.74, 6) is 0.916. The monoisotopic (exact) mass is 197 g/mol. The molecule has 0 saturated carbocycles. The molecule has 0 heterocycles. The van der Waals surface area contributed by atoms with Crippen molar-refractivity contribution in [2.75, 3.05) is 13.7 Å². The Hall–Kier alpha value is -0.590. The van der Waals surface area contributed by atoms with Crippen LogP contribution in [0.5, 0.6) is 5.75 Å². The van der Waals surface area contributed by atoms with E-state index in [9.17, 15) is 0 Å². The molecule has 0 aliphatic rings. The van der Waals surface area contributed by atoms with Crippen molar-refractivity contribution in [3.8, 4) is 5.75 Å². The van der Waals surface area contributed by atoms with Crippen LogP contribution in [0.15, 0.2) is 12.1 Å². The average Bonchev–Trinajstić information content (AvgIpc) is 2.10. The molecular formula is C10H16NOP. The van der Waals surface area contributed by atoms with E-state index < -0.39 is 0 Å². The minimum Gasteiger partial charge on any atom is -0.496 e. The summed E-state index contributed by atoms with van der Waals surface area (Å²) in [5.41, 5.74) is 8.06. The molecule has 0 aliphatic heterocycles. The molecule has 0 fully saturated rings. The third kappa shape index (κ3) is 2.43. The maximum absolute atomic E-state index is 5.51. The zero-order chi connectivity index (χ0) is 9.84. The van der Waals surface area contributed by atoms with E-state index in [2.05, 4.69) is 28.3 Å². The number of benzene rings is 1. The Morgan fingerprint density at radius 3 is 2.69 bits per heavy atom. The minimum atomic E-state index is 0.681. The molecule has 1 unspecified atom stereocenters. The lowest BCUT2D eigenvalue weighted by Gasteiger charge is -2.10. The first-order chi connectivity index (χ1) is 6.19. The Morgan fingerprint density at radius 2 is 2.15 bits per heavy atom. The Kier molecular flexibility index (Phi) is 3.71. The first-order valence-electron chi connectivity index (χ1n) is 4.32. The number of methoxy groups -OCH3 is 1. The number of nitrogens with two attached hydrogens (primary N) is 1. The second kappa shape index (κ2) is 4.59. The molecule has 1 aromatic carbocycles. The summed E-state index contributed by atoms with van der Waals surface area (Å²) < 4.78 is 5.23. The lowest BCUT2D eigenvalue weighted by Crippen LogP contribution is -2.07. The van der Waals surface area contributed by atoms with E-state index in [0.29, 0.717) is 6.54 Å². The van der Waals surface area contributed by atoms with Gasteiger partial charge in [-0.05, 0) is 43.1 Å². The molecule has 1 atom stereocenters. The summed E-state index contributed by atoms with van der Waals surface area (Å²) in [4.78, 5) is 0. The van der Waals surface area contributed by atoms with Gasteiger partial charge in [0.25, 0.3) is 0 Å². The van der Waals surface area contributed by atoms with Gasteiger partial charge >= 0.3 is 0 Å². The predicted octanol–water partition coefficient (Wildman–Crippen LogP) is 1.01. The van der Waals surface area contributed by atoms with Crippen LogP contribution in [0.2, 0.25) is 0 Å². The normalized spacial score (nSPS) is 10.2. The van der Waals surface area contributed by atoms with Gasteiger partial charge in [0.1, 0.15) is 5.75 Å². The maximum Gasteiger partial charge on any atom is 0.126 e. The maximum atomic E-state index is 5.51. The Bertz CT molecular complexity index is 299. The molecule has 3 heteroatoms. The summed E-state index contributed by atoms with van der Waals surface area (Å²) in [6.45, 7) is 2.78. The largest absolute Gasteiger partial charge is 0.496 e. The lowest BCUT2D eigenvalue weighted by atomic mass is 10.1. The molecule has 72 valence electrons. The lowest BCUT2D eigenvalue weighted by molar-refractivity contribution is 0.418. The summed E-state index contributed by atoms with van der Waals surface area (Å²) in [6.07, 6.45) is 0.910. The average molecular weight is 197 g/mol. The molecule has 13 heavy (non-hydrogen) atoms. The molecule has 0 amide bonds. The Balaban J connectivity index is 3.06. The van der Waals surface area contributed by atoms with E-state index >= 15 is 0 Å². The van der Waals surface area contributed by atoms with Crippen molar-refractivity contribution in [2.45, 2.75) is 13.3 Å². The van der Waals surface area contributed by atoms with Crippen LogP contribution in [-0.4, -0.2) is 13.7 Å². The van der Waals surface area contributed by atoms with Gasteiger partial charge in [0.05, 0.1) is 7.11 Å². The van der Waals surface area contributed by atoms with Crippen LogP contribution >= 0.6 is 9.24 Å². The van der Waals surface area contributed by atoms with Gasteiger partial charge in [-0.15, -0.1) is 9.24 Å². The Labute approximate surface area is 81.7 Å². The molecule has 2 nitrogen and oxygen atoms in total. The van der Waals surface area contributed by atoms with E-state index in [-0.39, 0.29) is 0 Å². The van der Waals surface area contributed by atoms with Crippen LogP contribution in [0.1, 0.15) is 11.1 Å². The van der Waals surface area contributed by atoms with Crippen molar-refractivity contribution in [1.82, 2.24) is 0 Å². The van der Waals surface area contributed by atoms with Crippen molar-refractivity contribution in [1.29, 1.82) is 0 Å². The molecule has 0 aromatic heterocycles. The quantitative estimate of drug-likeness (QED) is 0.734. The first kappa shape index (κ1) is 10.5. The van der Waals surface area contributed by atoms with Crippen LogP contribution in [-0.2, 0) is 6.42 Å². The van der Waals surface area contributed by atoms with E-state index in [1.807, 2.05) is 0 Å². The number of ether oxygens (including phenoxy) is 1. The standard InChI is InChI=1S/C10H16NOP/c1-7-5-10(13)9(12-2)6-8(7)3-4-11/h5-6H,3-4,11,13H2,1-2H3. The number of rotatable bonds is 3. The highest BCUT2D eigenvalue weighted by Crippen LogP contribution is 2.17. The molecule has 0 spiro atoms. The predicted molar refractivity (Wildman–Crippen MR) is 59.8 cm³/mol. The van der Waals surface area contributed by atoms with Crippen LogP contribution in [0.3, 0.4) is 0 Å². The minimum absolute atomic E-state index is 0.681. The van der Waals surface area contributed by atoms with Crippen LogP contribution < -0.4 is 15.8 Å². The van der Waals surface area contributed by atoms with Gasteiger partial charge in [-0.2, -0.15) is 0 Å². The molecule has 1 aromatic rings. The first-order valence-corrected chi connectivity index (χ1v) is 4.89. The SMILES string of the molecule is COc1cc(CCN)c(C)cc1P. The van der Waals surface area contributed by atoms with Crippen molar-refractivity contribution in [3.05, 3.63) is 23.3 Å². The molecule has 0 aliphatic carbocycles. The fourth-order valence-electron chi connectivity index (χ4n) is 1.35. The van der Waals surface area contributed by atoms with E-state index in [1.54, 1.807) is 7.11 Å². The van der Waals surface area contributed by atoms with Crippen LogP contribution in [0.25, 0.3) is 0 Å². The van der Waals surface area contributed by atoms with Gasteiger partial charge < -0.3 is 10.5 Å². The van der Waals surface area contributed by atoms with Gasteiger partial charge in [-0.3, -0.25) is 0 Å². The molecule has 2 N–H and O–H groups in total. The van der Waals surface area contributed by atoms with Crippen molar-refractivity contribution in [2.24, 2.45) is 5.73 Å². The highest BCUT2D eigenvalue weighted by molar-refractivity contribution is 7.27. The molecular weight excluding hydrogens is 181 g/mol. The van der Waals surface area contributed by atoms with Crippen LogP contribution in [0.4, 0.5) is 0 Å². The van der Waals surface area contributed by atoms with E-state index in [4.69, 9.17) is 10.5 Å². The van der Waals surface area contributed by atoms with Gasteiger partial charge in [-0.1, -0.05) is 0 Å². The number of hydrogen-bond donors (Lipinski definition) is 1. The van der Waals surface area contributed by atoms with Crippen molar-refractivity contribution >= 4 is 14.5 Å². The smallest absolute Gasteiger partial charge is 0.126 e. The van der Waals surface area contributed by atoms with Crippen molar-refractivity contribution < 1.29 is 4.74 Å². The summed E-state index contributed by atoms with van der Waals surface area (Å²) in [6, 6.07) is 4.17. The number of aryl methyl sites for hydroxylation is 1. The van der Waals surface area contributed by atoms with E-state index in [0.717, 1.165) is 17.5 Å². The fourth-order valence-corrected chi connectivity index (χ4v) is 1.81. The summed E-state index contributed by atoms with van der Waals surface area (Å²) in [5, 5.41) is 1.10. The zero-order valence-electron chi connectivity index (χ0n) is 8.13. The van der Waals surface area contributed by atoms with Gasteiger partial charge in [-0.25, -0.2) is 0 Å². The highest BCUT2D eigenvalue weighted by Gasteiger charge is 2.03. The molecule has 0 saturated heterocycles. The third-order valence-corrected chi connectivity index (χ3v) is 2.55. The van der Waals surface area contributed by atoms with E-state index in [1.165, 1.54) is 11.1 Å². The molecule has 0 bridgehead atoms. The second-order valence-electron chi connectivity index (χ2n) is 3.06. The number of hydrogen-bond acceptors (Lipinski definition) is 2. The van der Waals surface area contributed by atoms with Gasteiger partial charge in [0.15, 0.2) is 0 Å².